The molecule has 0 aliphatic heterocycles. The summed E-state index contributed by atoms with van der Waals surface area (Å²) in [6.07, 6.45) is -4.77. The van der Waals surface area contributed by atoms with Crippen molar-refractivity contribution in [2.45, 2.75) is 18.7 Å². The number of hydrogen-bond acceptors (Lipinski definition) is 5. The molecule has 0 aliphatic carbocycles. The van der Waals surface area contributed by atoms with E-state index < -0.39 is 28.8 Å². The van der Waals surface area contributed by atoms with Gasteiger partial charge in [0.15, 0.2) is 5.60 Å². The van der Waals surface area contributed by atoms with Gasteiger partial charge >= 0.3 is 6.18 Å². The Labute approximate surface area is 181 Å². The van der Waals surface area contributed by atoms with Crippen molar-refractivity contribution < 1.29 is 23.1 Å². The molecule has 9 heteroatoms. The highest BCUT2D eigenvalue weighted by Gasteiger charge is 2.35. The van der Waals surface area contributed by atoms with Crippen LogP contribution in [0.1, 0.15) is 23.6 Å². The summed E-state index contributed by atoms with van der Waals surface area (Å²) in [6, 6.07) is 16.7. The van der Waals surface area contributed by atoms with Crippen molar-refractivity contribution in [2.75, 3.05) is 17.2 Å². The summed E-state index contributed by atoms with van der Waals surface area (Å²) in [7, 11) is 0. The first-order chi connectivity index (χ1) is 15.1. The predicted molar refractivity (Wildman–Crippen MR) is 113 cm³/mol. The molecule has 3 aromatic rings. The monoisotopic (exact) mass is 438 g/mol. The number of nitrogens with one attached hydrogen (secondary N) is 2. The molecule has 0 radical (unpaired) electrons. The average Bonchev–Trinajstić information content (AvgIpc) is 2.76. The minimum Gasteiger partial charge on any atom is -0.381 e. The number of amides is 1. The van der Waals surface area contributed by atoms with E-state index in [0.29, 0.717) is 28.1 Å². The molecule has 1 amide bonds. The number of rotatable bonds is 5. The van der Waals surface area contributed by atoms with Gasteiger partial charge in [-0.2, -0.15) is 23.7 Å². The van der Waals surface area contributed by atoms with E-state index in [1.165, 1.54) is 13.0 Å². The molecule has 3 aromatic carbocycles. The highest BCUT2D eigenvalue weighted by molar-refractivity contribution is 5.99. The van der Waals surface area contributed by atoms with Crippen molar-refractivity contribution in [3.63, 3.8) is 0 Å². The number of halogens is 3. The van der Waals surface area contributed by atoms with E-state index >= 15 is 0 Å². The number of nitrogens with zero attached hydrogens (tertiary/aromatic N) is 2. The summed E-state index contributed by atoms with van der Waals surface area (Å²) in [5.41, 5.74) is -2.90. The topological polar surface area (TPSA) is 109 Å². The molecule has 1 atom stereocenters. The molecule has 0 spiro atoms. The number of carbonyl (C=O) groups excluding carboxylic acids is 1. The van der Waals surface area contributed by atoms with E-state index in [9.17, 15) is 28.3 Å². The normalized spacial score (nSPS) is 13.0. The Morgan fingerprint density at radius 2 is 1.62 bits per heavy atom. The van der Waals surface area contributed by atoms with Crippen LogP contribution in [0.15, 0.2) is 54.6 Å². The van der Waals surface area contributed by atoms with Crippen molar-refractivity contribution in [3.05, 3.63) is 71.3 Å². The Morgan fingerprint density at radius 3 is 2.25 bits per heavy atom. The molecule has 0 saturated carbocycles. The summed E-state index contributed by atoms with van der Waals surface area (Å²) < 4.78 is 39.4. The number of aliphatic hydroxyl groups is 1. The van der Waals surface area contributed by atoms with Gasteiger partial charge in [0.05, 0.1) is 35.4 Å². The molecule has 0 bridgehead atoms. The maximum atomic E-state index is 13.1. The molecule has 3 rings (SSSR count). The third-order valence-electron chi connectivity index (χ3n) is 4.86. The lowest BCUT2D eigenvalue weighted by atomic mass is 10.0. The summed E-state index contributed by atoms with van der Waals surface area (Å²) in [6.45, 7) is 0.965. The Hall–Kier alpha value is -4.08. The maximum absolute atomic E-state index is 13.1. The van der Waals surface area contributed by atoms with Gasteiger partial charge < -0.3 is 15.7 Å². The predicted octanol–water partition coefficient (Wildman–Crippen LogP) is 4.40. The average molecular weight is 438 g/mol. The molecule has 162 valence electrons. The van der Waals surface area contributed by atoms with Crippen LogP contribution in [0.2, 0.25) is 0 Å². The molecule has 0 saturated heterocycles. The lowest BCUT2D eigenvalue weighted by Gasteiger charge is -2.24. The van der Waals surface area contributed by atoms with Crippen LogP contribution in [-0.4, -0.2) is 23.2 Å². The number of carbonyl (C=O) groups is 1. The first-order valence-electron chi connectivity index (χ1n) is 9.38. The summed E-state index contributed by atoms with van der Waals surface area (Å²) >= 11 is 0. The van der Waals surface area contributed by atoms with E-state index in [0.717, 1.165) is 12.1 Å². The van der Waals surface area contributed by atoms with Crippen LogP contribution in [0, 0.1) is 22.7 Å². The fourth-order valence-electron chi connectivity index (χ4n) is 3.12. The molecule has 0 unspecified atom stereocenters. The quantitative estimate of drug-likeness (QED) is 0.547. The molecule has 32 heavy (non-hydrogen) atoms. The van der Waals surface area contributed by atoms with Crippen LogP contribution in [0.5, 0.6) is 0 Å². The standard InChI is InChI=1S/C23H17F3N4O2/c1-22(32,13-29-20-9-7-14(11-27)17-4-2-3-5-18(17)20)21(31)30-16-8-6-15(12-28)19(10-16)23(24,25)26/h2-10,29,32H,13H2,1H3,(H,30,31)/t22-/m0/s1. The van der Waals surface area contributed by atoms with E-state index in [4.69, 9.17) is 5.26 Å². The number of nitriles is 2. The smallest absolute Gasteiger partial charge is 0.381 e. The Bertz CT molecular complexity index is 1270. The maximum Gasteiger partial charge on any atom is 0.417 e. The lowest BCUT2D eigenvalue weighted by molar-refractivity contribution is -0.137. The zero-order valence-electron chi connectivity index (χ0n) is 16.8. The van der Waals surface area contributed by atoms with Crippen molar-refractivity contribution in [3.8, 4) is 12.1 Å². The van der Waals surface area contributed by atoms with Gasteiger partial charge in [-0.3, -0.25) is 4.79 Å². The van der Waals surface area contributed by atoms with Crippen molar-refractivity contribution in [1.82, 2.24) is 0 Å². The number of fused-ring (bicyclic) bond motifs is 1. The van der Waals surface area contributed by atoms with E-state index in [1.54, 1.807) is 36.4 Å². The highest BCUT2D eigenvalue weighted by atomic mass is 19.4. The summed E-state index contributed by atoms with van der Waals surface area (Å²) in [5, 5.41) is 35.3. The zero-order chi connectivity index (χ0) is 23.5. The van der Waals surface area contributed by atoms with Crippen molar-refractivity contribution in [2.24, 2.45) is 0 Å². The second-order valence-electron chi connectivity index (χ2n) is 7.27. The Morgan fingerprint density at radius 1 is 1.00 bits per heavy atom. The van der Waals surface area contributed by atoms with Crippen LogP contribution >= 0.6 is 0 Å². The fraction of sp³-hybridized carbons (Fsp3) is 0.174. The van der Waals surface area contributed by atoms with Crippen LogP contribution in [-0.2, 0) is 11.0 Å². The number of alkyl halides is 3. The van der Waals surface area contributed by atoms with Gasteiger partial charge in [0.1, 0.15) is 0 Å². The highest BCUT2D eigenvalue weighted by Crippen LogP contribution is 2.34. The van der Waals surface area contributed by atoms with Crippen LogP contribution in [0.25, 0.3) is 10.8 Å². The van der Waals surface area contributed by atoms with E-state index in [-0.39, 0.29) is 12.2 Å². The first-order valence-corrected chi connectivity index (χ1v) is 9.38. The van der Waals surface area contributed by atoms with Gasteiger partial charge in [0.25, 0.3) is 5.91 Å². The Kier molecular flexibility index (Phi) is 6.06. The van der Waals surface area contributed by atoms with E-state index in [2.05, 4.69) is 16.7 Å². The van der Waals surface area contributed by atoms with E-state index in [1.807, 2.05) is 0 Å². The molecular weight excluding hydrogens is 421 g/mol. The second-order valence-corrected chi connectivity index (χ2v) is 7.27. The zero-order valence-corrected chi connectivity index (χ0v) is 16.8. The minimum atomic E-state index is -4.77. The minimum absolute atomic E-state index is 0.203. The van der Waals surface area contributed by atoms with Gasteiger partial charge in [-0.05, 0) is 37.3 Å². The molecule has 0 aromatic heterocycles. The van der Waals surface area contributed by atoms with Gasteiger partial charge in [0.2, 0.25) is 0 Å². The van der Waals surface area contributed by atoms with Gasteiger partial charge in [-0.1, -0.05) is 24.3 Å². The van der Waals surface area contributed by atoms with Gasteiger partial charge in [-0.15, -0.1) is 0 Å². The number of benzene rings is 3. The van der Waals surface area contributed by atoms with Gasteiger partial charge in [-0.25, -0.2) is 0 Å². The molecular formula is C23H17F3N4O2. The second kappa shape index (κ2) is 8.58. The molecule has 6 nitrogen and oxygen atoms in total. The molecule has 0 aliphatic rings. The number of anilines is 2. The third-order valence-corrected chi connectivity index (χ3v) is 4.86. The largest absolute Gasteiger partial charge is 0.417 e. The van der Waals surface area contributed by atoms with Crippen molar-refractivity contribution in [1.29, 1.82) is 10.5 Å². The molecule has 0 fully saturated rings. The Balaban J connectivity index is 1.79. The number of hydrogen-bond donors (Lipinski definition) is 3. The third kappa shape index (κ3) is 4.64. The SMILES string of the molecule is C[C@](O)(CNc1ccc(C#N)c2ccccc12)C(=O)Nc1ccc(C#N)c(C(F)(F)F)c1. The summed E-state index contributed by atoms with van der Waals surface area (Å²) in [4.78, 5) is 12.5. The molecule has 3 N–H and O–H groups in total. The first kappa shape index (κ1) is 22.6. The molecule has 0 heterocycles. The summed E-state index contributed by atoms with van der Waals surface area (Å²) in [5.74, 6) is -0.930. The van der Waals surface area contributed by atoms with Crippen LogP contribution < -0.4 is 10.6 Å². The van der Waals surface area contributed by atoms with Crippen LogP contribution in [0.4, 0.5) is 24.5 Å². The fourth-order valence-corrected chi connectivity index (χ4v) is 3.12. The van der Waals surface area contributed by atoms with Crippen molar-refractivity contribution >= 4 is 28.1 Å². The lowest BCUT2D eigenvalue weighted by Crippen LogP contribution is -2.45. The van der Waals surface area contributed by atoms with Crippen LogP contribution in [0.3, 0.4) is 0 Å². The van der Waals surface area contributed by atoms with Gasteiger partial charge in [0, 0.05) is 22.1 Å².